The lowest BCUT2D eigenvalue weighted by atomic mass is 10.1. The first-order chi connectivity index (χ1) is 10.7. The molecule has 110 valence electrons. The third kappa shape index (κ3) is 1.92. The molecule has 1 amide bonds. The second kappa shape index (κ2) is 4.84. The molecule has 0 saturated carbocycles. The maximum atomic E-state index is 12.9. The summed E-state index contributed by atoms with van der Waals surface area (Å²) in [5, 5.41) is 4.18. The van der Waals surface area contributed by atoms with Gasteiger partial charge in [0.05, 0.1) is 18.4 Å². The number of rotatable bonds is 1. The Morgan fingerprint density at radius 3 is 3.18 bits per heavy atom. The summed E-state index contributed by atoms with van der Waals surface area (Å²) in [6.07, 6.45) is 4.99. The van der Waals surface area contributed by atoms with Gasteiger partial charge in [0.2, 0.25) is 0 Å². The number of fused-ring (bicyclic) bond motifs is 2. The van der Waals surface area contributed by atoms with E-state index in [9.17, 15) is 4.79 Å². The van der Waals surface area contributed by atoms with Gasteiger partial charge in [0.25, 0.3) is 5.91 Å². The number of carbonyl (C=O) groups excluding carboxylic acids is 1. The first kappa shape index (κ1) is 12.8. The number of ether oxygens (including phenoxy) is 1. The van der Waals surface area contributed by atoms with Crippen LogP contribution in [0.1, 0.15) is 15.9 Å². The molecule has 22 heavy (non-hydrogen) atoms. The summed E-state index contributed by atoms with van der Waals surface area (Å²) < 4.78 is 7.26. The van der Waals surface area contributed by atoms with Crippen molar-refractivity contribution in [2.45, 2.75) is 6.92 Å². The van der Waals surface area contributed by atoms with E-state index in [4.69, 9.17) is 4.74 Å². The van der Waals surface area contributed by atoms with Crippen LogP contribution < -0.4 is 9.64 Å². The number of hydrogen-bond acceptors (Lipinski definition) is 4. The zero-order valence-corrected chi connectivity index (χ0v) is 12.1. The Morgan fingerprint density at radius 2 is 2.27 bits per heavy atom. The van der Waals surface area contributed by atoms with Gasteiger partial charge in [-0.05, 0) is 30.7 Å². The molecule has 0 unspecified atom stereocenters. The SMILES string of the molecule is Cc1ccc2c(c1)OCCN2C(=O)c1cnn2cccnc12. The Labute approximate surface area is 127 Å². The van der Waals surface area contributed by atoms with E-state index in [0.29, 0.717) is 24.4 Å². The monoisotopic (exact) mass is 294 g/mol. The molecule has 3 heterocycles. The second-order valence-corrected chi connectivity index (χ2v) is 5.22. The maximum Gasteiger partial charge on any atom is 0.263 e. The third-order valence-electron chi connectivity index (χ3n) is 3.73. The molecule has 2 aromatic heterocycles. The molecular weight excluding hydrogens is 280 g/mol. The Morgan fingerprint density at radius 1 is 1.36 bits per heavy atom. The van der Waals surface area contributed by atoms with E-state index < -0.39 is 0 Å². The average molecular weight is 294 g/mol. The standard InChI is InChI=1S/C16H14N4O2/c1-11-3-4-13-14(9-11)22-8-7-19(13)16(21)12-10-18-20-6-2-5-17-15(12)20/h2-6,9-10H,7-8H2,1H3. The van der Waals surface area contributed by atoms with Crippen LogP contribution in [0.5, 0.6) is 5.75 Å². The molecule has 0 atom stereocenters. The number of amides is 1. The summed E-state index contributed by atoms with van der Waals surface area (Å²) in [6, 6.07) is 7.62. The van der Waals surface area contributed by atoms with Gasteiger partial charge in [0.15, 0.2) is 5.65 Å². The molecule has 0 N–H and O–H groups in total. The van der Waals surface area contributed by atoms with Crippen LogP contribution in [0.2, 0.25) is 0 Å². The van der Waals surface area contributed by atoms with Gasteiger partial charge in [-0.15, -0.1) is 0 Å². The lowest BCUT2D eigenvalue weighted by molar-refractivity contribution is 0.0978. The van der Waals surface area contributed by atoms with Crippen molar-refractivity contribution in [3.05, 3.63) is 54.0 Å². The predicted octanol–water partition coefficient (Wildman–Crippen LogP) is 2.08. The van der Waals surface area contributed by atoms with Gasteiger partial charge >= 0.3 is 0 Å². The molecular formula is C16H14N4O2. The summed E-state index contributed by atoms with van der Waals surface area (Å²) in [6.45, 7) is 2.99. The van der Waals surface area contributed by atoms with Crippen molar-refractivity contribution < 1.29 is 9.53 Å². The highest BCUT2D eigenvalue weighted by Gasteiger charge is 2.27. The topological polar surface area (TPSA) is 59.7 Å². The number of anilines is 1. The van der Waals surface area contributed by atoms with Crippen molar-refractivity contribution in [1.82, 2.24) is 14.6 Å². The number of aryl methyl sites for hydroxylation is 1. The van der Waals surface area contributed by atoms with Crippen LogP contribution in [-0.4, -0.2) is 33.7 Å². The van der Waals surface area contributed by atoms with Gasteiger partial charge in [-0.2, -0.15) is 5.10 Å². The molecule has 0 bridgehead atoms. The van der Waals surface area contributed by atoms with Crippen molar-refractivity contribution in [2.24, 2.45) is 0 Å². The lowest BCUT2D eigenvalue weighted by Crippen LogP contribution is -2.38. The third-order valence-corrected chi connectivity index (χ3v) is 3.73. The van der Waals surface area contributed by atoms with Crippen LogP contribution >= 0.6 is 0 Å². The Balaban J connectivity index is 1.78. The number of aromatic nitrogens is 3. The number of nitrogens with zero attached hydrogens (tertiary/aromatic N) is 4. The van der Waals surface area contributed by atoms with E-state index >= 15 is 0 Å². The van der Waals surface area contributed by atoms with Gasteiger partial charge in [0.1, 0.15) is 17.9 Å². The summed E-state index contributed by atoms with van der Waals surface area (Å²) in [7, 11) is 0. The molecule has 0 radical (unpaired) electrons. The zero-order chi connectivity index (χ0) is 15.1. The molecule has 0 spiro atoms. The normalized spacial score (nSPS) is 13.8. The van der Waals surface area contributed by atoms with E-state index in [1.54, 1.807) is 34.1 Å². The van der Waals surface area contributed by atoms with Crippen molar-refractivity contribution in [2.75, 3.05) is 18.1 Å². The number of benzene rings is 1. The van der Waals surface area contributed by atoms with E-state index in [2.05, 4.69) is 10.1 Å². The highest BCUT2D eigenvalue weighted by Crippen LogP contribution is 2.33. The highest BCUT2D eigenvalue weighted by atomic mass is 16.5. The fourth-order valence-corrected chi connectivity index (χ4v) is 2.66. The highest BCUT2D eigenvalue weighted by molar-refractivity contribution is 6.10. The minimum atomic E-state index is -0.109. The summed E-state index contributed by atoms with van der Waals surface area (Å²) in [4.78, 5) is 18.9. The average Bonchev–Trinajstić information content (AvgIpc) is 2.97. The Bertz CT molecular complexity index is 871. The molecule has 1 aromatic carbocycles. The molecule has 6 heteroatoms. The molecule has 1 aliphatic rings. The van der Waals surface area contributed by atoms with Gasteiger partial charge in [-0.1, -0.05) is 6.07 Å². The fourth-order valence-electron chi connectivity index (χ4n) is 2.66. The lowest BCUT2D eigenvalue weighted by Gasteiger charge is -2.29. The van der Waals surface area contributed by atoms with E-state index in [1.807, 2.05) is 25.1 Å². The number of carbonyl (C=O) groups is 1. The van der Waals surface area contributed by atoms with Gasteiger partial charge < -0.3 is 9.64 Å². The maximum absolute atomic E-state index is 12.9. The largest absolute Gasteiger partial charge is 0.490 e. The first-order valence-corrected chi connectivity index (χ1v) is 7.08. The fraction of sp³-hybridized carbons (Fsp3) is 0.188. The van der Waals surface area contributed by atoms with Gasteiger partial charge in [0, 0.05) is 12.4 Å². The van der Waals surface area contributed by atoms with Crippen molar-refractivity contribution >= 4 is 17.2 Å². The minimum Gasteiger partial charge on any atom is -0.490 e. The second-order valence-electron chi connectivity index (χ2n) is 5.22. The Kier molecular flexibility index (Phi) is 2.82. The molecule has 0 fully saturated rings. The summed E-state index contributed by atoms with van der Waals surface area (Å²) in [5.74, 6) is 0.631. The molecule has 0 aliphatic carbocycles. The molecule has 0 saturated heterocycles. The molecule has 1 aliphatic heterocycles. The number of hydrogen-bond donors (Lipinski definition) is 0. The summed E-state index contributed by atoms with van der Waals surface area (Å²) >= 11 is 0. The Hall–Kier alpha value is -2.89. The predicted molar refractivity (Wildman–Crippen MR) is 81.3 cm³/mol. The van der Waals surface area contributed by atoms with Gasteiger partial charge in [-0.25, -0.2) is 9.50 Å². The smallest absolute Gasteiger partial charge is 0.263 e. The van der Waals surface area contributed by atoms with E-state index in [0.717, 1.165) is 17.0 Å². The molecule has 4 rings (SSSR count). The zero-order valence-electron chi connectivity index (χ0n) is 12.1. The van der Waals surface area contributed by atoms with Crippen LogP contribution in [0, 0.1) is 6.92 Å². The van der Waals surface area contributed by atoms with Crippen LogP contribution in [0.25, 0.3) is 5.65 Å². The summed E-state index contributed by atoms with van der Waals surface area (Å²) in [5.41, 5.74) is 2.95. The van der Waals surface area contributed by atoms with Crippen LogP contribution in [0.15, 0.2) is 42.9 Å². The minimum absolute atomic E-state index is 0.109. The molecule has 6 nitrogen and oxygen atoms in total. The van der Waals surface area contributed by atoms with E-state index in [-0.39, 0.29) is 5.91 Å². The van der Waals surface area contributed by atoms with Crippen LogP contribution in [-0.2, 0) is 0 Å². The van der Waals surface area contributed by atoms with Crippen molar-refractivity contribution in [1.29, 1.82) is 0 Å². The van der Waals surface area contributed by atoms with E-state index in [1.165, 1.54) is 0 Å². The van der Waals surface area contributed by atoms with Crippen LogP contribution in [0.4, 0.5) is 5.69 Å². The van der Waals surface area contributed by atoms with Crippen molar-refractivity contribution in [3.63, 3.8) is 0 Å². The van der Waals surface area contributed by atoms with Crippen molar-refractivity contribution in [3.8, 4) is 5.75 Å². The first-order valence-electron chi connectivity index (χ1n) is 7.08. The van der Waals surface area contributed by atoms with Gasteiger partial charge in [-0.3, -0.25) is 4.79 Å². The quantitative estimate of drug-likeness (QED) is 0.689. The van der Waals surface area contributed by atoms with Crippen LogP contribution in [0.3, 0.4) is 0 Å². The molecule has 3 aromatic rings.